The largest absolute Gasteiger partial charge is 0.494 e. The lowest BCUT2D eigenvalue weighted by molar-refractivity contribution is -0.121. The Bertz CT molecular complexity index is 443. The molecule has 0 heterocycles. The highest BCUT2D eigenvalue weighted by Crippen LogP contribution is 2.12. The van der Waals surface area contributed by atoms with Crippen LogP contribution >= 0.6 is 0 Å². The van der Waals surface area contributed by atoms with Crippen LogP contribution in [0.2, 0.25) is 0 Å². The highest BCUT2D eigenvalue weighted by molar-refractivity contribution is 5.94. The third-order valence-corrected chi connectivity index (χ3v) is 3.03. The number of rotatable bonds is 10. The van der Waals surface area contributed by atoms with Crippen LogP contribution in [0.25, 0.3) is 0 Å². The fourth-order valence-electron chi connectivity index (χ4n) is 1.79. The topological polar surface area (TPSA) is 81.4 Å². The lowest BCUT2D eigenvalue weighted by atomic mass is 10.1. The minimum absolute atomic E-state index is 0.0351. The molecule has 0 saturated carbocycles. The van der Waals surface area contributed by atoms with Crippen molar-refractivity contribution < 1.29 is 14.3 Å². The van der Waals surface area contributed by atoms with Crippen molar-refractivity contribution in [1.29, 1.82) is 0 Å². The number of hydrogen-bond donors (Lipinski definition) is 2. The minimum Gasteiger partial charge on any atom is -0.494 e. The zero-order valence-electron chi connectivity index (χ0n) is 12.6. The van der Waals surface area contributed by atoms with Gasteiger partial charge < -0.3 is 15.8 Å². The van der Waals surface area contributed by atoms with Crippen LogP contribution in [-0.2, 0) is 4.79 Å². The minimum atomic E-state index is 0.0351. The van der Waals surface area contributed by atoms with Crippen LogP contribution in [0.3, 0.4) is 0 Å². The molecule has 5 nitrogen and oxygen atoms in total. The lowest BCUT2D eigenvalue weighted by Crippen LogP contribution is -2.25. The maximum Gasteiger partial charge on any atom is 0.220 e. The molecule has 116 valence electrons. The third-order valence-electron chi connectivity index (χ3n) is 3.03. The Kier molecular flexibility index (Phi) is 8.12. The van der Waals surface area contributed by atoms with E-state index in [1.165, 1.54) is 6.92 Å². The fraction of sp³-hybridized carbons (Fsp3) is 0.500. The van der Waals surface area contributed by atoms with Gasteiger partial charge in [0.25, 0.3) is 0 Å². The van der Waals surface area contributed by atoms with Crippen LogP contribution in [0.15, 0.2) is 24.3 Å². The van der Waals surface area contributed by atoms with Gasteiger partial charge in [0.1, 0.15) is 5.75 Å². The van der Waals surface area contributed by atoms with Gasteiger partial charge in [-0.15, -0.1) is 0 Å². The van der Waals surface area contributed by atoms with E-state index in [1.807, 2.05) is 0 Å². The quantitative estimate of drug-likeness (QED) is 0.510. The molecule has 0 unspecified atom stereocenters. The number of benzene rings is 1. The average molecular weight is 292 g/mol. The van der Waals surface area contributed by atoms with E-state index in [0.717, 1.165) is 12.8 Å². The van der Waals surface area contributed by atoms with Gasteiger partial charge in [0.05, 0.1) is 6.61 Å². The van der Waals surface area contributed by atoms with E-state index in [0.29, 0.717) is 43.9 Å². The molecule has 21 heavy (non-hydrogen) atoms. The second-order valence-corrected chi connectivity index (χ2v) is 4.88. The number of Topliss-reactive ketones (excluding diaryl/α,β-unsaturated/α-hetero) is 1. The molecule has 0 saturated heterocycles. The first-order valence-corrected chi connectivity index (χ1v) is 7.34. The summed E-state index contributed by atoms with van der Waals surface area (Å²) in [6.07, 6.45) is 2.96. The molecular formula is C16H24N2O3. The molecule has 0 radical (unpaired) electrons. The molecule has 1 aromatic carbocycles. The average Bonchev–Trinajstić information content (AvgIpc) is 2.48. The summed E-state index contributed by atoms with van der Waals surface area (Å²) in [5, 5.41) is 2.85. The van der Waals surface area contributed by atoms with E-state index >= 15 is 0 Å². The zero-order valence-corrected chi connectivity index (χ0v) is 12.6. The van der Waals surface area contributed by atoms with Gasteiger partial charge in [-0.05, 0) is 57.0 Å². The van der Waals surface area contributed by atoms with Gasteiger partial charge >= 0.3 is 0 Å². The molecular weight excluding hydrogens is 268 g/mol. The highest BCUT2D eigenvalue weighted by Gasteiger charge is 2.02. The van der Waals surface area contributed by atoms with Gasteiger partial charge in [-0.1, -0.05) is 0 Å². The number of nitrogens with one attached hydrogen (secondary N) is 1. The van der Waals surface area contributed by atoms with E-state index < -0.39 is 0 Å². The third kappa shape index (κ3) is 7.46. The Morgan fingerprint density at radius 1 is 1.14 bits per heavy atom. The zero-order chi connectivity index (χ0) is 15.5. The van der Waals surface area contributed by atoms with Crippen LogP contribution in [-0.4, -0.2) is 31.4 Å². The van der Waals surface area contributed by atoms with Crippen LogP contribution in [0.4, 0.5) is 0 Å². The van der Waals surface area contributed by atoms with Gasteiger partial charge in [0.15, 0.2) is 5.78 Å². The van der Waals surface area contributed by atoms with E-state index in [2.05, 4.69) is 5.32 Å². The Balaban J connectivity index is 2.13. The Hall–Kier alpha value is -1.88. The van der Waals surface area contributed by atoms with Crippen LogP contribution in [0.1, 0.15) is 43.0 Å². The fourth-order valence-corrected chi connectivity index (χ4v) is 1.79. The molecule has 1 rings (SSSR count). The van der Waals surface area contributed by atoms with Crippen molar-refractivity contribution >= 4 is 11.7 Å². The number of hydrogen-bond acceptors (Lipinski definition) is 4. The maximum atomic E-state index is 11.5. The van der Waals surface area contributed by atoms with E-state index in [1.54, 1.807) is 24.3 Å². The molecule has 1 aromatic rings. The summed E-state index contributed by atoms with van der Waals surface area (Å²) in [6, 6.07) is 7.01. The summed E-state index contributed by atoms with van der Waals surface area (Å²) < 4.78 is 5.53. The van der Waals surface area contributed by atoms with Crippen LogP contribution in [0.5, 0.6) is 5.75 Å². The highest BCUT2D eigenvalue weighted by atomic mass is 16.5. The van der Waals surface area contributed by atoms with Crippen molar-refractivity contribution in [2.24, 2.45) is 5.73 Å². The van der Waals surface area contributed by atoms with E-state index in [-0.39, 0.29) is 11.7 Å². The van der Waals surface area contributed by atoms with Crippen molar-refractivity contribution in [3.8, 4) is 5.75 Å². The van der Waals surface area contributed by atoms with E-state index in [4.69, 9.17) is 10.5 Å². The second-order valence-electron chi connectivity index (χ2n) is 4.88. The Morgan fingerprint density at radius 2 is 1.86 bits per heavy atom. The molecule has 3 N–H and O–H groups in total. The first-order chi connectivity index (χ1) is 10.1. The molecule has 0 spiro atoms. The van der Waals surface area contributed by atoms with E-state index in [9.17, 15) is 9.59 Å². The van der Waals surface area contributed by atoms with Gasteiger partial charge in [0, 0.05) is 18.5 Å². The molecule has 1 amide bonds. The predicted molar refractivity (Wildman–Crippen MR) is 82.5 cm³/mol. The standard InChI is InChI=1S/C16H24N2O3/c1-13(19)14-6-8-15(9-7-14)21-12-4-5-16(20)18-11-3-2-10-17/h6-9H,2-5,10-12,17H2,1H3,(H,18,20). The summed E-state index contributed by atoms with van der Waals surface area (Å²) in [4.78, 5) is 22.6. The summed E-state index contributed by atoms with van der Waals surface area (Å²) in [7, 11) is 0. The molecule has 0 fully saturated rings. The molecule has 0 atom stereocenters. The molecule has 0 aliphatic carbocycles. The first kappa shape index (κ1) is 17.2. The first-order valence-electron chi connectivity index (χ1n) is 7.34. The number of nitrogens with two attached hydrogens (primary N) is 1. The molecule has 0 aliphatic rings. The van der Waals surface area contributed by atoms with Crippen molar-refractivity contribution in [3.63, 3.8) is 0 Å². The summed E-state index contributed by atoms with van der Waals surface area (Å²) in [5.41, 5.74) is 6.04. The number of unbranched alkanes of at least 4 members (excludes halogenated alkanes) is 1. The smallest absolute Gasteiger partial charge is 0.220 e. The molecule has 0 bridgehead atoms. The Labute approximate surface area is 125 Å². The molecule has 0 aliphatic heterocycles. The number of amides is 1. The van der Waals surface area contributed by atoms with Crippen LogP contribution < -0.4 is 15.8 Å². The van der Waals surface area contributed by atoms with Gasteiger partial charge in [-0.25, -0.2) is 0 Å². The monoisotopic (exact) mass is 292 g/mol. The summed E-state index contributed by atoms with van der Waals surface area (Å²) >= 11 is 0. The van der Waals surface area contributed by atoms with Crippen molar-refractivity contribution in [3.05, 3.63) is 29.8 Å². The van der Waals surface area contributed by atoms with Gasteiger partial charge in [-0.3, -0.25) is 9.59 Å². The van der Waals surface area contributed by atoms with Crippen LogP contribution in [0, 0.1) is 0 Å². The van der Waals surface area contributed by atoms with Crippen molar-refractivity contribution in [1.82, 2.24) is 5.32 Å². The summed E-state index contributed by atoms with van der Waals surface area (Å²) in [6.45, 7) is 3.35. The molecule has 5 heteroatoms. The molecule has 0 aromatic heterocycles. The normalized spacial score (nSPS) is 10.2. The number of carbonyl (C=O) groups is 2. The van der Waals surface area contributed by atoms with Crippen molar-refractivity contribution in [2.45, 2.75) is 32.6 Å². The number of ether oxygens (including phenoxy) is 1. The second kappa shape index (κ2) is 9.94. The van der Waals surface area contributed by atoms with Gasteiger partial charge in [-0.2, -0.15) is 0 Å². The SMILES string of the molecule is CC(=O)c1ccc(OCCCC(=O)NCCCCN)cc1. The predicted octanol–water partition coefficient (Wildman–Crippen LogP) is 1.90. The number of carbonyl (C=O) groups excluding carboxylic acids is 2. The summed E-state index contributed by atoms with van der Waals surface area (Å²) in [5.74, 6) is 0.791. The Morgan fingerprint density at radius 3 is 2.48 bits per heavy atom. The number of ketones is 1. The van der Waals surface area contributed by atoms with Gasteiger partial charge in [0.2, 0.25) is 5.91 Å². The maximum absolute atomic E-state index is 11.5. The van der Waals surface area contributed by atoms with Crippen molar-refractivity contribution in [2.75, 3.05) is 19.7 Å². The lowest BCUT2D eigenvalue weighted by Gasteiger charge is -2.07.